The Bertz CT molecular complexity index is 704. The van der Waals surface area contributed by atoms with Crippen molar-refractivity contribution < 1.29 is 31.1 Å². The van der Waals surface area contributed by atoms with Gasteiger partial charge in [0.1, 0.15) is 5.75 Å². The highest BCUT2D eigenvalue weighted by atomic mass is 32.2. The lowest BCUT2D eigenvalue weighted by Gasteiger charge is -2.38. The van der Waals surface area contributed by atoms with Crippen molar-refractivity contribution >= 4 is 15.9 Å². The molecule has 1 amide bonds. The smallest absolute Gasteiger partial charge is 0.406 e. The second-order valence-electron chi connectivity index (χ2n) is 5.45. The van der Waals surface area contributed by atoms with Crippen LogP contribution >= 0.6 is 0 Å². The van der Waals surface area contributed by atoms with Crippen molar-refractivity contribution in [3.63, 3.8) is 0 Å². The molecule has 1 aromatic carbocycles. The molecule has 24 heavy (non-hydrogen) atoms. The number of carbonyl (C=O) groups excluding carboxylic acids is 1. The summed E-state index contributed by atoms with van der Waals surface area (Å²) in [6, 6.07) is 3.62. The Morgan fingerprint density at radius 3 is 2.25 bits per heavy atom. The zero-order chi connectivity index (χ0) is 18.1. The number of halogens is 3. The number of benzene rings is 1. The SMILES string of the molecule is CC(=O)N1CCN(S(=O)(=O)c2ccc(OC(F)(F)F)cc2)[C@@H](C)C1. The lowest BCUT2D eigenvalue weighted by atomic mass is 10.2. The van der Waals surface area contributed by atoms with Crippen molar-refractivity contribution in [3.8, 4) is 5.75 Å². The van der Waals surface area contributed by atoms with E-state index in [9.17, 15) is 26.4 Å². The summed E-state index contributed by atoms with van der Waals surface area (Å²) >= 11 is 0. The maximum Gasteiger partial charge on any atom is 0.573 e. The van der Waals surface area contributed by atoms with E-state index >= 15 is 0 Å². The molecular weight excluding hydrogens is 349 g/mol. The van der Waals surface area contributed by atoms with Gasteiger partial charge in [-0.05, 0) is 31.2 Å². The van der Waals surface area contributed by atoms with Gasteiger partial charge in [0.2, 0.25) is 15.9 Å². The van der Waals surface area contributed by atoms with Crippen molar-refractivity contribution in [1.29, 1.82) is 0 Å². The van der Waals surface area contributed by atoms with E-state index in [0.29, 0.717) is 0 Å². The van der Waals surface area contributed by atoms with Crippen LogP contribution in [0.4, 0.5) is 13.2 Å². The minimum Gasteiger partial charge on any atom is -0.406 e. The van der Waals surface area contributed by atoms with Gasteiger partial charge in [0, 0.05) is 32.6 Å². The van der Waals surface area contributed by atoms with Crippen molar-refractivity contribution in [3.05, 3.63) is 24.3 Å². The first-order chi connectivity index (χ1) is 11.0. The van der Waals surface area contributed by atoms with Crippen molar-refractivity contribution in [2.75, 3.05) is 19.6 Å². The number of rotatable bonds is 3. The predicted octanol–water partition coefficient (Wildman–Crippen LogP) is 1.83. The summed E-state index contributed by atoms with van der Waals surface area (Å²) in [7, 11) is -3.86. The monoisotopic (exact) mass is 366 g/mol. The van der Waals surface area contributed by atoms with Crippen LogP contribution in [0.3, 0.4) is 0 Å². The second kappa shape index (κ2) is 6.60. The summed E-state index contributed by atoms with van der Waals surface area (Å²) in [6.45, 7) is 3.76. The summed E-state index contributed by atoms with van der Waals surface area (Å²) in [5.41, 5.74) is 0. The Morgan fingerprint density at radius 1 is 1.21 bits per heavy atom. The molecule has 1 heterocycles. The molecule has 0 unspecified atom stereocenters. The molecule has 1 atom stereocenters. The van der Waals surface area contributed by atoms with Crippen LogP contribution in [-0.2, 0) is 14.8 Å². The Hall–Kier alpha value is -1.81. The first-order valence-electron chi connectivity index (χ1n) is 7.14. The fourth-order valence-electron chi connectivity index (χ4n) is 2.53. The van der Waals surface area contributed by atoms with Crippen LogP contribution in [0.25, 0.3) is 0 Å². The average molecular weight is 366 g/mol. The van der Waals surface area contributed by atoms with Gasteiger partial charge in [0.05, 0.1) is 4.90 Å². The minimum atomic E-state index is -4.84. The third kappa shape index (κ3) is 4.18. The van der Waals surface area contributed by atoms with Crippen LogP contribution in [-0.4, -0.2) is 55.6 Å². The number of amides is 1. The number of ether oxygens (including phenoxy) is 1. The second-order valence-corrected chi connectivity index (χ2v) is 7.34. The maximum absolute atomic E-state index is 12.6. The van der Waals surface area contributed by atoms with Crippen molar-refractivity contribution in [2.24, 2.45) is 0 Å². The van der Waals surface area contributed by atoms with Gasteiger partial charge in [0.15, 0.2) is 0 Å². The molecule has 1 fully saturated rings. The van der Waals surface area contributed by atoms with Gasteiger partial charge in [-0.15, -0.1) is 13.2 Å². The number of carbonyl (C=O) groups is 1. The molecule has 2 rings (SSSR count). The minimum absolute atomic E-state index is 0.125. The Labute approximate surface area is 137 Å². The lowest BCUT2D eigenvalue weighted by Crippen LogP contribution is -2.54. The van der Waals surface area contributed by atoms with Crippen molar-refractivity contribution in [2.45, 2.75) is 31.1 Å². The molecule has 1 aliphatic rings. The summed E-state index contributed by atoms with van der Waals surface area (Å²) in [4.78, 5) is 12.8. The number of sulfonamides is 1. The highest BCUT2D eigenvalue weighted by Gasteiger charge is 2.35. The molecule has 0 N–H and O–H groups in total. The van der Waals surface area contributed by atoms with E-state index < -0.39 is 28.2 Å². The molecule has 1 aliphatic heterocycles. The van der Waals surface area contributed by atoms with Crippen LogP contribution in [0.15, 0.2) is 29.2 Å². The Balaban J connectivity index is 2.17. The molecule has 134 valence electrons. The van der Waals surface area contributed by atoms with E-state index in [4.69, 9.17) is 0 Å². The van der Waals surface area contributed by atoms with Crippen LogP contribution in [0.5, 0.6) is 5.75 Å². The molecule has 1 saturated heterocycles. The summed E-state index contributed by atoms with van der Waals surface area (Å²) in [5.74, 6) is -0.622. The first kappa shape index (κ1) is 18.5. The van der Waals surface area contributed by atoms with Gasteiger partial charge in [-0.1, -0.05) is 0 Å². The van der Waals surface area contributed by atoms with Gasteiger partial charge >= 0.3 is 6.36 Å². The standard InChI is InChI=1S/C14H17F3N2O4S/c1-10-9-18(11(2)20)7-8-19(10)24(21,22)13-5-3-12(4-6-13)23-14(15,16)17/h3-6,10H,7-9H2,1-2H3/t10-/m0/s1. The lowest BCUT2D eigenvalue weighted by molar-refractivity contribution is -0.274. The van der Waals surface area contributed by atoms with Crippen molar-refractivity contribution in [1.82, 2.24) is 9.21 Å². The zero-order valence-electron chi connectivity index (χ0n) is 13.1. The number of piperazine rings is 1. The average Bonchev–Trinajstić information content (AvgIpc) is 2.45. The molecule has 1 aromatic rings. The number of hydrogen-bond donors (Lipinski definition) is 0. The van der Waals surface area contributed by atoms with Crippen LogP contribution < -0.4 is 4.74 Å². The summed E-state index contributed by atoms with van der Waals surface area (Å²) in [5, 5.41) is 0. The summed E-state index contributed by atoms with van der Waals surface area (Å²) < 4.78 is 66.6. The topological polar surface area (TPSA) is 66.9 Å². The Morgan fingerprint density at radius 2 is 1.79 bits per heavy atom. The molecule has 0 aliphatic carbocycles. The van der Waals surface area contributed by atoms with Gasteiger partial charge in [0.25, 0.3) is 0 Å². The van der Waals surface area contributed by atoms with E-state index in [1.807, 2.05) is 0 Å². The molecule has 0 spiro atoms. The van der Waals surface area contributed by atoms with E-state index in [-0.39, 0.29) is 30.4 Å². The summed E-state index contributed by atoms with van der Waals surface area (Å²) in [6.07, 6.45) is -4.84. The maximum atomic E-state index is 12.6. The van der Waals surface area contributed by atoms with Gasteiger partial charge < -0.3 is 9.64 Å². The molecule has 0 bridgehead atoms. The highest BCUT2D eigenvalue weighted by Crippen LogP contribution is 2.26. The number of nitrogens with zero attached hydrogens (tertiary/aromatic N) is 2. The zero-order valence-corrected chi connectivity index (χ0v) is 13.9. The van der Waals surface area contributed by atoms with Crippen LogP contribution in [0.1, 0.15) is 13.8 Å². The predicted molar refractivity (Wildman–Crippen MR) is 78.7 cm³/mol. The third-order valence-corrected chi connectivity index (χ3v) is 5.70. The van der Waals surface area contributed by atoms with Crippen LogP contribution in [0, 0.1) is 0 Å². The fraction of sp³-hybridized carbons (Fsp3) is 0.500. The van der Waals surface area contributed by atoms with Gasteiger partial charge in [-0.25, -0.2) is 8.42 Å². The van der Waals surface area contributed by atoms with E-state index in [1.165, 1.54) is 11.2 Å². The largest absolute Gasteiger partial charge is 0.573 e. The Kier molecular flexibility index (Phi) is 5.09. The van der Waals surface area contributed by atoms with E-state index in [1.54, 1.807) is 11.8 Å². The normalized spacial score (nSPS) is 20.0. The first-order valence-corrected chi connectivity index (χ1v) is 8.58. The van der Waals surface area contributed by atoms with E-state index in [0.717, 1.165) is 24.3 Å². The van der Waals surface area contributed by atoms with Gasteiger partial charge in [-0.3, -0.25) is 4.79 Å². The number of hydrogen-bond acceptors (Lipinski definition) is 4. The molecule has 0 saturated carbocycles. The molecule has 0 aromatic heterocycles. The van der Waals surface area contributed by atoms with Crippen LogP contribution in [0.2, 0.25) is 0 Å². The third-order valence-electron chi connectivity index (χ3n) is 3.68. The van der Waals surface area contributed by atoms with E-state index in [2.05, 4.69) is 4.74 Å². The molecule has 10 heteroatoms. The molecular formula is C14H17F3N2O4S. The number of alkyl halides is 3. The fourth-order valence-corrected chi connectivity index (χ4v) is 4.15. The van der Waals surface area contributed by atoms with Gasteiger partial charge in [-0.2, -0.15) is 4.31 Å². The quantitative estimate of drug-likeness (QED) is 0.819. The molecule has 6 nitrogen and oxygen atoms in total. The highest BCUT2D eigenvalue weighted by molar-refractivity contribution is 7.89. The molecule has 0 radical (unpaired) electrons.